The highest BCUT2D eigenvalue weighted by molar-refractivity contribution is 7.17. The first-order valence-corrected chi connectivity index (χ1v) is 8.66. The molecule has 2 N–H and O–H groups in total. The number of nitrogens with one attached hydrogen (secondary N) is 2. The summed E-state index contributed by atoms with van der Waals surface area (Å²) in [6, 6.07) is 8.88. The third-order valence-electron chi connectivity index (χ3n) is 4.12. The van der Waals surface area contributed by atoms with Gasteiger partial charge >= 0.3 is 0 Å². The van der Waals surface area contributed by atoms with Crippen LogP contribution in [-0.2, 0) is 11.2 Å². The fourth-order valence-corrected chi connectivity index (χ4v) is 3.93. The molecular weight excluding hydrogens is 316 g/mol. The van der Waals surface area contributed by atoms with Crippen LogP contribution in [0.4, 0.5) is 0 Å². The van der Waals surface area contributed by atoms with Crippen LogP contribution in [0, 0.1) is 0 Å². The van der Waals surface area contributed by atoms with E-state index in [-0.39, 0.29) is 18.3 Å². The van der Waals surface area contributed by atoms with Gasteiger partial charge in [-0.3, -0.25) is 4.79 Å². The van der Waals surface area contributed by atoms with Crippen molar-refractivity contribution in [3.05, 3.63) is 35.2 Å². The molecule has 0 bridgehead atoms. The van der Waals surface area contributed by atoms with E-state index in [4.69, 9.17) is 0 Å². The molecule has 1 saturated heterocycles. The molecule has 1 aromatic heterocycles. The van der Waals surface area contributed by atoms with Crippen molar-refractivity contribution in [3.63, 3.8) is 0 Å². The zero-order valence-electron chi connectivity index (χ0n) is 12.6. The van der Waals surface area contributed by atoms with Gasteiger partial charge in [0.25, 0.3) is 0 Å². The number of benzene rings is 1. The largest absolute Gasteiger partial charge is 0.353 e. The van der Waals surface area contributed by atoms with Crippen LogP contribution in [0.3, 0.4) is 0 Å². The van der Waals surface area contributed by atoms with Crippen LogP contribution in [0.2, 0.25) is 0 Å². The first-order chi connectivity index (χ1) is 10.3. The number of hydrogen-bond acceptors (Lipinski definition) is 3. The van der Waals surface area contributed by atoms with Gasteiger partial charge in [-0.05, 0) is 61.2 Å². The monoisotopic (exact) mass is 338 g/mol. The van der Waals surface area contributed by atoms with Crippen molar-refractivity contribution < 1.29 is 4.79 Å². The van der Waals surface area contributed by atoms with Crippen LogP contribution in [0.25, 0.3) is 10.1 Å². The summed E-state index contributed by atoms with van der Waals surface area (Å²) in [6.45, 7) is 2.04. The molecule has 5 heteroatoms. The summed E-state index contributed by atoms with van der Waals surface area (Å²) >= 11 is 1.79. The van der Waals surface area contributed by atoms with E-state index in [2.05, 4.69) is 40.3 Å². The Balaban J connectivity index is 0.00000176. The van der Waals surface area contributed by atoms with Crippen molar-refractivity contribution >= 4 is 39.7 Å². The van der Waals surface area contributed by atoms with Crippen LogP contribution >= 0.6 is 23.7 Å². The van der Waals surface area contributed by atoms with Gasteiger partial charge in [0.15, 0.2) is 0 Å². The molecule has 1 aliphatic rings. The molecule has 3 rings (SSSR count). The summed E-state index contributed by atoms with van der Waals surface area (Å²) in [7, 11) is 0. The lowest BCUT2D eigenvalue weighted by atomic mass is 10.1. The Hall–Kier alpha value is -1.10. The molecule has 0 saturated carbocycles. The van der Waals surface area contributed by atoms with Gasteiger partial charge in [-0.25, -0.2) is 0 Å². The lowest BCUT2D eigenvalue weighted by Crippen LogP contribution is -2.42. The lowest BCUT2D eigenvalue weighted by Gasteiger charge is -2.23. The second-order valence-corrected chi connectivity index (χ2v) is 6.61. The van der Waals surface area contributed by atoms with Crippen LogP contribution in [0.15, 0.2) is 29.6 Å². The molecule has 0 unspecified atom stereocenters. The number of carbonyl (C=O) groups is 1. The molecule has 0 radical (unpaired) electrons. The average molecular weight is 339 g/mol. The molecule has 1 aliphatic heterocycles. The zero-order valence-corrected chi connectivity index (χ0v) is 14.3. The maximum Gasteiger partial charge on any atom is 0.220 e. The number of aryl methyl sites for hydroxylation is 1. The van der Waals surface area contributed by atoms with E-state index in [1.807, 2.05) is 0 Å². The van der Waals surface area contributed by atoms with Crippen LogP contribution in [0.1, 0.15) is 31.2 Å². The van der Waals surface area contributed by atoms with Gasteiger partial charge in [0.1, 0.15) is 0 Å². The van der Waals surface area contributed by atoms with E-state index in [0.29, 0.717) is 12.5 Å². The van der Waals surface area contributed by atoms with Gasteiger partial charge in [-0.2, -0.15) is 0 Å². The van der Waals surface area contributed by atoms with Gasteiger partial charge in [0.2, 0.25) is 5.91 Å². The molecule has 1 fully saturated rings. The Morgan fingerprint density at radius 3 is 2.86 bits per heavy atom. The summed E-state index contributed by atoms with van der Waals surface area (Å²) in [5, 5.41) is 10.1. The van der Waals surface area contributed by atoms with Crippen molar-refractivity contribution in [2.75, 3.05) is 13.1 Å². The fraction of sp³-hybridized carbons (Fsp3) is 0.471. The van der Waals surface area contributed by atoms with E-state index >= 15 is 0 Å². The van der Waals surface area contributed by atoms with Crippen LogP contribution in [0.5, 0.6) is 0 Å². The van der Waals surface area contributed by atoms with Gasteiger partial charge in [-0.15, -0.1) is 23.7 Å². The number of thiophene rings is 1. The highest BCUT2D eigenvalue weighted by atomic mass is 35.5. The summed E-state index contributed by atoms with van der Waals surface area (Å²) < 4.78 is 1.34. The molecule has 0 spiro atoms. The minimum atomic E-state index is 0. The third-order valence-corrected chi connectivity index (χ3v) is 5.13. The average Bonchev–Trinajstić information content (AvgIpc) is 2.92. The number of carbonyl (C=O) groups excluding carboxylic acids is 1. The van der Waals surface area contributed by atoms with Gasteiger partial charge in [-0.1, -0.05) is 18.2 Å². The maximum atomic E-state index is 12.0. The minimum Gasteiger partial charge on any atom is -0.353 e. The Morgan fingerprint density at radius 2 is 2.05 bits per heavy atom. The first-order valence-electron chi connectivity index (χ1n) is 7.78. The topological polar surface area (TPSA) is 41.1 Å². The molecule has 2 heterocycles. The Kier molecular flexibility index (Phi) is 6.68. The summed E-state index contributed by atoms with van der Waals surface area (Å²) in [4.78, 5) is 12.0. The van der Waals surface area contributed by atoms with Gasteiger partial charge < -0.3 is 10.6 Å². The number of fused-ring (bicyclic) bond motifs is 1. The van der Waals surface area contributed by atoms with Crippen molar-refractivity contribution in [2.45, 2.75) is 38.1 Å². The quantitative estimate of drug-likeness (QED) is 0.875. The Bertz CT molecular complexity index is 607. The SMILES string of the molecule is Cl.O=C(CCCc1csc2ccccc12)NC1CCNCC1. The molecule has 1 aromatic carbocycles. The van der Waals surface area contributed by atoms with Crippen molar-refractivity contribution in [2.24, 2.45) is 0 Å². The smallest absolute Gasteiger partial charge is 0.220 e. The van der Waals surface area contributed by atoms with E-state index in [9.17, 15) is 4.79 Å². The van der Waals surface area contributed by atoms with Crippen molar-refractivity contribution in [1.29, 1.82) is 0 Å². The molecular formula is C17H23ClN2OS. The van der Waals surface area contributed by atoms with Crippen molar-refractivity contribution in [1.82, 2.24) is 10.6 Å². The normalized spacial score (nSPS) is 15.5. The predicted molar refractivity (Wildman–Crippen MR) is 96.0 cm³/mol. The zero-order chi connectivity index (χ0) is 14.5. The minimum absolute atomic E-state index is 0. The summed E-state index contributed by atoms with van der Waals surface area (Å²) in [5.41, 5.74) is 1.38. The Labute approximate surface area is 141 Å². The standard InChI is InChI=1S/C17H22N2OS.ClH/c20-17(19-14-8-10-18-11-9-14)7-3-4-13-12-21-16-6-2-1-5-15(13)16;/h1-2,5-6,12,14,18H,3-4,7-11H2,(H,19,20);1H. The fourth-order valence-electron chi connectivity index (χ4n) is 2.93. The summed E-state index contributed by atoms with van der Waals surface area (Å²) in [5.74, 6) is 0.210. The lowest BCUT2D eigenvalue weighted by molar-refractivity contribution is -0.122. The van der Waals surface area contributed by atoms with Crippen LogP contribution in [-0.4, -0.2) is 25.0 Å². The van der Waals surface area contributed by atoms with Crippen LogP contribution < -0.4 is 10.6 Å². The molecule has 3 nitrogen and oxygen atoms in total. The second-order valence-electron chi connectivity index (χ2n) is 5.70. The van der Waals surface area contributed by atoms with Gasteiger partial charge in [0.05, 0.1) is 0 Å². The van der Waals surface area contributed by atoms with E-state index in [0.717, 1.165) is 38.8 Å². The summed E-state index contributed by atoms with van der Waals surface area (Å²) in [6.07, 6.45) is 4.66. The van der Waals surface area contributed by atoms with E-state index in [1.54, 1.807) is 11.3 Å². The first kappa shape index (κ1) is 17.3. The molecule has 0 aliphatic carbocycles. The maximum absolute atomic E-state index is 12.0. The third kappa shape index (κ3) is 4.45. The number of piperidine rings is 1. The highest BCUT2D eigenvalue weighted by Crippen LogP contribution is 2.26. The van der Waals surface area contributed by atoms with E-state index in [1.165, 1.54) is 15.6 Å². The molecule has 120 valence electrons. The number of amides is 1. The highest BCUT2D eigenvalue weighted by Gasteiger charge is 2.15. The number of halogens is 1. The van der Waals surface area contributed by atoms with E-state index < -0.39 is 0 Å². The molecule has 2 aromatic rings. The Morgan fingerprint density at radius 1 is 1.27 bits per heavy atom. The van der Waals surface area contributed by atoms with Crippen molar-refractivity contribution in [3.8, 4) is 0 Å². The van der Waals surface area contributed by atoms with Gasteiger partial charge in [0, 0.05) is 17.2 Å². The molecule has 1 amide bonds. The molecule has 0 atom stereocenters. The molecule has 22 heavy (non-hydrogen) atoms. The number of rotatable bonds is 5. The number of hydrogen-bond donors (Lipinski definition) is 2. The second kappa shape index (κ2) is 8.51. The predicted octanol–water partition coefficient (Wildman–Crippen LogP) is 3.51.